The molecule has 1 amide bonds. The second-order valence-electron chi connectivity index (χ2n) is 6.09. The Bertz CT molecular complexity index is 548. The van der Waals surface area contributed by atoms with Gasteiger partial charge in [-0.1, -0.05) is 24.4 Å². The lowest BCUT2D eigenvalue weighted by Crippen LogP contribution is -2.45. The number of rotatable bonds is 4. The van der Waals surface area contributed by atoms with Crippen molar-refractivity contribution in [1.29, 1.82) is 0 Å². The highest BCUT2D eigenvalue weighted by atomic mass is 35.5. The van der Waals surface area contributed by atoms with Crippen LogP contribution in [0.3, 0.4) is 0 Å². The second-order valence-corrected chi connectivity index (χ2v) is 6.48. The molecule has 0 bridgehead atoms. The van der Waals surface area contributed by atoms with Crippen LogP contribution in [-0.2, 0) is 0 Å². The number of nitrogens with zero attached hydrogens (tertiary/aromatic N) is 1. The van der Waals surface area contributed by atoms with Crippen LogP contribution in [0, 0.1) is 0 Å². The predicted octanol–water partition coefficient (Wildman–Crippen LogP) is 2.70. The lowest BCUT2D eigenvalue weighted by atomic mass is 9.92. The quantitative estimate of drug-likeness (QED) is 0.835. The maximum atomic E-state index is 12.5. The van der Waals surface area contributed by atoms with Gasteiger partial charge in [0.1, 0.15) is 16.8 Å². The Balaban J connectivity index is 1.72. The Kier molecular flexibility index (Phi) is 4.84. The molecule has 1 aromatic heterocycles. The van der Waals surface area contributed by atoms with E-state index in [0.717, 1.165) is 44.9 Å². The molecule has 0 saturated heterocycles. The van der Waals surface area contributed by atoms with Crippen LogP contribution in [0.4, 0.5) is 0 Å². The summed E-state index contributed by atoms with van der Waals surface area (Å²) in [7, 11) is 0. The molecule has 1 aromatic rings. The lowest BCUT2D eigenvalue weighted by Gasteiger charge is -2.29. The van der Waals surface area contributed by atoms with Crippen LogP contribution in [-0.4, -0.2) is 34.2 Å². The van der Waals surface area contributed by atoms with E-state index in [1.165, 1.54) is 0 Å². The summed E-state index contributed by atoms with van der Waals surface area (Å²) in [5.74, 6) is 0.0319. The van der Waals surface area contributed by atoms with Gasteiger partial charge in [-0.05, 0) is 44.2 Å². The predicted molar refractivity (Wildman–Crippen MR) is 83.2 cm³/mol. The van der Waals surface area contributed by atoms with Crippen LogP contribution < -0.4 is 10.1 Å². The van der Waals surface area contributed by atoms with Gasteiger partial charge < -0.3 is 15.2 Å². The molecule has 2 fully saturated rings. The van der Waals surface area contributed by atoms with Gasteiger partial charge in [-0.15, -0.1) is 0 Å². The third kappa shape index (κ3) is 3.52. The van der Waals surface area contributed by atoms with Gasteiger partial charge in [0, 0.05) is 0 Å². The normalized spacial score (nSPS) is 25.4. The molecule has 0 aliphatic heterocycles. The second kappa shape index (κ2) is 6.84. The maximum Gasteiger partial charge on any atom is 0.257 e. The molecule has 3 rings (SSSR count). The summed E-state index contributed by atoms with van der Waals surface area (Å²) in [6, 6.07) is 3.02. The highest BCUT2D eigenvalue weighted by molar-refractivity contribution is 6.29. The SMILES string of the molecule is O=C(NC1CCCCC1O)c1ccc(Cl)nc1OC1CCC1. The van der Waals surface area contributed by atoms with Crippen LogP contribution in [0.1, 0.15) is 55.3 Å². The fourth-order valence-corrected chi connectivity index (χ4v) is 2.99. The first kappa shape index (κ1) is 15.6. The first-order valence-electron chi connectivity index (χ1n) is 7.95. The van der Waals surface area contributed by atoms with E-state index in [4.69, 9.17) is 16.3 Å². The van der Waals surface area contributed by atoms with E-state index in [9.17, 15) is 9.90 Å². The Morgan fingerprint density at radius 1 is 1.23 bits per heavy atom. The summed E-state index contributed by atoms with van der Waals surface area (Å²) < 4.78 is 5.78. The number of halogens is 1. The van der Waals surface area contributed by atoms with Crippen molar-refractivity contribution in [3.05, 3.63) is 22.8 Å². The summed E-state index contributed by atoms with van der Waals surface area (Å²) in [4.78, 5) is 16.6. The molecule has 120 valence electrons. The molecular formula is C16H21ClN2O3. The zero-order chi connectivity index (χ0) is 15.5. The van der Waals surface area contributed by atoms with Crippen LogP contribution in [0.2, 0.25) is 5.15 Å². The van der Waals surface area contributed by atoms with Crippen LogP contribution in [0.5, 0.6) is 5.88 Å². The van der Waals surface area contributed by atoms with Gasteiger partial charge in [-0.2, -0.15) is 0 Å². The highest BCUT2D eigenvalue weighted by Gasteiger charge is 2.27. The van der Waals surface area contributed by atoms with E-state index in [0.29, 0.717) is 16.6 Å². The van der Waals surface area contributed by atoms with E-state index in [1.54, 1.807) is 12.1 Å². The van der Waals surface area contributed by atoms with E-state index in [2.05, 4.69) is 10.3 Å². The zero-order valence-corrected chi connectivity index (χ0v) is 13.2. The fourth-order valence-electron chi connectivity index (χ4n) is 2.85. The molecule has 0 spiro atoms. The first-order chi connectivity index (χ1) is 10.6. The molecule has 2 aliphatic rings. The van der Waals surface area contributed by atoms with Gasteiger partial charge in [0.2, 0.25) is 5.88 Å². The smallest absolute Gasteiger partial charge is 0.257 e. The van der Waals surface area contributed by atoms with Crippen molar-refractivity contribution in [1.82, 2.24) is 10.3 Å². The van der Waals surface area contributed by atoms with Crippen LogP contribution >= 0.6 is 11.6 Å². The van der Waals surface area contributed by atoms with Gasteiger partial charge in [-0.3, -0.25) is 4.79 Å². The Labute approximate surface area is 135 Å². The molecule has 2 unspecified atom stereocenters. The van der Waals surface area contributed by atoms with Gasteiger partial charge in [-0.25, -0.2) is 4.98 Å². The molecular weight excluding hydrogens is 304 g/mol. The maximum absolute atomic E-state index is 12.5. The fraction of sp³-hybridized carbons (Fsp3) is 0.625. The minimum Gasteiger partial charge on any atom is -0.474 e. The molecule has 2 saturated carbocycles. The monoisotopic (exact) mass is 324 g/mol. The van der Waals surface area contributed by atoms with Crippen LogP contribution in [0.15, 0.2) is 12.1 Å². The van der Waals surface area contributed by atoms with E-state index in [-0.39, 0.29) is 18.1 Å². The Hall–Kier alpha value is -1.33. The molecule has 5 nitrogen and oxygen atoms in total. The number of pyridine rings is 1. The van der Waals surface area contributed by atoms with Crippen molar-refractivity contribution >= 4 is 17.5 Å². The molecule has 0 radical (unpaired) electrons. The zero-order valence-electron chi connectivity index (χ0n) is 12.4. The Morgan fingerprint density at radius 3 is 2.68 bits per heavy atom. The number of carbonyl (C=O) groups excluding carboxylic acids is 1. The number of aliphatic hydroxyl groups is 1. The standard InChI is InChI=1S/C16H21ClN2O3/c17-14-9-8-11(16(19-14)22-10-4-3-5-10)15(21)18-12-6-1-2-7-13(12)20/h8-10,12-13,20H,1-7H2,(H,18,21). The van der Waals surface area contributed by atoms with Gasteiger partial charge in [0.25, 0.3) is 5.91 Å². The summed E-state index contributed by atoms with van der Waals surface area (Å²) in [6.07, 6.45) is 6.31. The molecule has 22 heavy (non-hydrogen) atoms. The number of aromatic nitrogens is 1. The number of hydrogen-bond acceptors (Lipinski definition) is 4. The molecule has 0 aromatic carbocycles. The summed E-state index contributed by atoms with van der Waals surface area (Å²) in [6.45, 7) is 0. The molecule has 2 atom stereocenters. The van der Waals surface area contributed by atoms with Gasteiger partial charge in [0.05, 0.1) is 12.1 Å². The molecule has 2 N–H and O–H groups in total. The van der Waals surface area contributed by atoms with Crippen molar-refractivity contribution in [3.8, 4) is 5.88 Å². The highest BCUT2D eigenvalue weighted by Crippen LogP contribution is 2.28. The van der Waals surface area contributed by atoms with E-state index >= 15 is 0 Å². The van der Waals surface area contributed by atoms with Crippen molar-refractivity contribution in [2.24, 2.45) is 0 Å². The largest absolute Gasteiger partial charge is 0.474 e. The topological polar surface area (TPSA) is 71.5 Å². The number of amides is 1. The summed E-state index contributed by atoms with van der Waals surface area (Å²) >= 11 is 5.92. The third-order valence-electron chi connectivity index (χ3n) is 4.45. The average molecular weight is 325 g/mol. The van der Waals surface area contributed by atoms with Crippen molar-refractivity contribution in [2.75, 3.05) is 0 Å². The summed E-state index contributed by atoms with van der Waals surface area (Å²) in [5.41, 5.74) is 0.383. The Morgan fingerprint density at radius 2 is 2.00 bits per heavy atom. The lowest BCUT2D eigenvalue weighted by molar-refractivity contribution is 0.0704. The minimum absolute atomic E-state index is 0.123. The number of carbonyl (C=O) groups is 1. The van der Waals surface area contributed by atoms with Crippen LogP contribution in [0.25, 0.3) is 0 Å². The van der Waals surface area contributed by atoms with E-state index < -0.39 is 6.10 Å². The van der Waals surface area contributed by atoms with Crippen molar-refractivity contribution < 1.29 is 14.6 Å². The van der Waals surface area contributed by atoms with Gasteiger partial charge >= 0.3 is 0 Å². The first-order valence-corrected chi connectivity index (χ1v) is 8.33. The van der Waals surface area contributed by atoms with Crippen molar-refractivity contribution in [2.45, 2.75) is 63.2 Å². The van der Waals surface area contributed by atoms with Gasteiger partial charge in [0.15, 0.2) is 0 Å². The molecule has 6 heteroatoms. The number of ether oxygens (including phenoxy) is 1. The van der Waals surface area contributed by atoms with E-state index in [1.807, 2.05) is 0 Å². The number of nitrogens with one attached hydrogen (secondary N) is 1. The number of hydrogen-bond donors (Lipinski definition) is 2. The third-order valence-corrected chi connectivity index (χ3v) is 4.66. The average Bonchev–Trinajstić information content (AvgIpc) is 2.45. The number of aliphatic hydroxyl groups excluding tert-OH is 1. The molecule has 1 heterocycles. The minimum atomic E-state index is -0.478. The molecule has 2 aliphatic carbocycles. The summed E-state index contributed by atoms with van der Waals surface area (Å²) in [5, 5.41) is 13.2. The van der Waals surface area contributed by atoms with Crippen molar-refractivity contribution in [3.63, 3.8) is 0 Å².